The average Bonchev–Trinajstić information content (AvgIpc) is 1.91. The Morgan fingerprint density at radius 1 is 1.33 bits per heavy atom. The number of thioether (sulfide) groups is 1. The normalized spacial score (nSPS) is 11.7. The molecule has 0 aliphatic carbocycles. The van der Waals surface area contributed by atoms with E-state index in [4.69, 9.17) is 0 Å². The first-order valence-corrected chi connectivity index (χ1v) is 5.67. The summed E-state index contributed by atoms with van der Waals surface area (Å²) in [6, 6.07) is 4.15. The minimum atomic E-state index is 0.272. The van der Waals surface area contributed by atoms with Crippen LogP contribution in [-0.4, -0.2) is 9.73 Å². The molecule has 0 unspecified atom stereocenters. The Morgan fingerprint density at radius 3 is 2.42 bits per heavy atom. The molecule has 1 aromatic rings. The molecule has 0 bridgehead atoms. The molecule has 1 rings (SSSR count). The van der Waals surface area contributed by atoms with Gasteiger partial charge in [-0.2, -0.15) is 0 Å². The second-order valence-electron chi connectivity index (χ2n) is 3.53. The van der Waals surface area contributed by atoms with Crippen molar-refractivity contribution in [3.8, 4) is 0 Å². The van der Waals surface area contributed by atoms with E-state index in [-0.39, 0.29) is 4.75 Å². The zero-order valence-electron chi connectivity index (χ0n) is 7.47. The molecule has 0 aliphatic rings. The lowest BCUT2D eigenvalue weighted by molar-refractivity contribution is 0.802. The predicted octanol–water partition coefficient (Wildman–Crippen LogP) is 3.58. The topological polar surface area (TPSA) is 12.9 Å². The van der Waals surface area contributed by atoms with E-state index in [0.717, 1.165) is 3.70 Å². The predicted molar refractivity (Wildman–Crippen MR) is 62.6 cm³/mol. The number of nitrogens with zero attached hydrogens (tertiary/aromatic N) is 1. The maximum Gasteiger partial charge on any atom is 0.101 e. The largest absolute Gasteiger partial charge is 0.249 e. The van der Waals surface area contributed by atoms with Crippen molar-refractivity contribution in [3.05, 3.63) is 22.0 Å². The van der Waals surface area contributed by atoms with Crippen LogP contribution >= 0.6 is 34.4 Å². The number of aromatic nitrogens is 1. The zero-order valence-corrected chi connectivity index (χ0v) is 10.4. The van der Waals surface area contributed by atoms with Crippen molar-refractivity contribution < 1.29 is 0 Å². The van der Waals surface area contributed by atoms with Gasteiger partial charge in [0.25, 0.3) is 0 Å². The first-order chi connectivity index (χ1) is 5.47. The van der Waals surface area contributed by atoms with Crippen molar-refractivity contribution in [2.45, 2.75) is 30.4 Å². The lowest BCUT2D eigenvalue weighted by Gasteiger charge is -2.16. The van der Waals surface area contributed by atoms with Crippen LogP contribution < -0.4 is 0 Å². The van der Waals surface area contributed by atoms with E-state index < -0.39 is 0 Å². The Hall–Kier alpha value is 0.230. The maximum atomic E-state index is 4.23. The van der Waals surface area contributed by atoms with Crippen LogP contribution in [0, 0.1) is 3.70 Å². The molecule has 0 spiro atoms. The molecule has 1 nitrogen and oxygen atoms in total. The Bertz CT molecular complexity index is 250. The van der Waals surface area contributed by atoms with Crippen LogP contribution in [0.25, 0.3) is 0 Å². The number of hydrogen-bond acceptors (Lipinski definition) is 2. The van der Waals surface area contributed by atoms with Crippen molar-refractivity contribution in [3.63, 3.8) is 0 Å². The molecule has 1 aromatic heterocycles. The molecule has 0 saturated heterocycles. The molecule has 66 valence electrons. The lowest BCUT2D eigenvalue weighted by Crippen LogP contribution is -2.06. The summed E-state index contributed by atoms with van der Waals surface area (Å²) in [6.45, 7) is 6.61. The number of pyridine rings is 1. The van der Waals surface area contributed by atoms with Crippen molar-refractivity contribution >= 4 is 34.4 Å². The van der Waals surface area contributed by atoms with Gasteiger partial charge in [-0.25, -0.2) is 4.98 Å². The minimum Gasteiger partial charge on any atom is -0.249 e. The SMILES string of the molecule is CC(C)(C)Sc1ccc(I)nc1. The Kier molecular flexibility index (Phi) is 3.40. The summed E-state index contributed by atoms with van der Waals surface area (Å²) in [5.74, 6) is 0. The van der Waals surface area contributed by atoms with Gasteiger partial charge in [0.05, 0.1) is 0 Å². The van der Waals surface area contributed by atoms with Crippen molar-refractivity contribution in [2.24, 2.45) is 0 Å². The van der Waals surface area contributed by atoms with Crippen molar-refractivity contribution in [1.82, 2.24) is 4.98 Å². The van der Waals surface area contributed by atoms with Gasteiger partial charge in [-0.3, -0.25) is 0 Å². The monoisotopic (exact) mass is 293 g/mol. The van der Waals surface area contributed by atoms with Gasteiger partial charge in [0.1, 0.15) is 3.70 Å². The molecular weight excluding hydrogens is 281 g/mol. The average molecular weight is 293 g/mol. The van der Waals surface area contributed by atoms with E-state index in [2.05, 4.69) is 54.4 Å². The fourth-order valence-electron chi connectivity index (χ4n) is 0.776. The highest BCUT2D eigenvalue weighted by Crippen LogP contribution is 2.31. The maximum absolute atomic E-state index is 4.23. The smallest absolute Gasteiger partial charge is 0.101 e. The van der Waals surface area contributed by atoms with Crippen LogP contribution in [0.15, 0.2) is 23.2 Å². The first-order valence-electron chi connectivity index (χ1n) is 3.78. The number of hydrogen-bond donors (Lipinski definition) is 0. The van der Waals surface area contributed by atoms with Crippen LogP contribution in [0.5, 0.6) is 0 Å². The van der Waals surface area contributed by atoms with Crippen LogP contribution in [-0.2, 0) is 0 Å². The highest BCUT2D eigenvalue weighted by Gasteiger charge is 2.11. The zero-order chi connectivity index (χ0) is 9.19. The van der Waals surface area contributed by atoms with E-state index >= 15 is 0 Å². The van der Waals surface area contributed by atoms with Gasteiger partial charge in [0.15, 0.2) is 0 Å². The molecule has 0 aliphatic heterocycles. The summed E-state index contributed by atoms with van der Waals surface area (Å²) >= 11 is 4.06. The molecule has 0 fully saturated rings. The third-order valence-corrected chi connectivity index (χ3v) is 2.85. The summed E-state index contributed by atoms with van der Waals surface area (Å²) in [5.41, 5.74) is 0. The van der Waals surface area contributed by atoms with E-state index in [1.54, 1.807) is 0 Å². The molecule has 0 atom stereocenters. The second-order valence-corrected chi connectivity index (χ2v) is 6.54. The fourth-order valence-corrected chi connectivity index (χ4v) is 2.04. The van der Waals surface area contributed by atoms with Gasteiger partial charge < -0.3 is 0 Å². The van der Waals surface area contributed by atoms with Crippen molar-refractivity contribution in [1.29, 1.82) is 0 Å². The molecular formula is C9H12INS. The molecule has 0 aromatic carbocycles. The molecule has 0 N–H and O–H groups in total. The molecule has 0 amide bonds. The minimum absolute atomic E-state index is 0.272. The Balaban J connectivity index is 2.71. The molecule has 0 saturated carbocycles. The van der Waals surface area contributed by atoms with E-state index in [1.807, 2.05) is 24.0 Å². The van der Waals surface area contributed by atoms with Gasteiger partial charge in [-0.15, -0.1) is 11.8 Å². The Morgan fingerprint density at radius 2 is 2.00 bits per heavy atom. The standard InChI is InChI=1S/C9H12INS/c1-9(2,3)12-7-4-5-8(10)11-6-7/h4-6H,1-3H3. The van der Waals surface area contributed by atoms with E-state index in [1.165, 1.54) is 4.90 Å². The van der Waals surface area contributed by atoms with E-state index in [9.17, 15) is 0 Å². The molecule has 12 heavy (non-hydrogen) atoms. The lowest BCUT2D eigenvalue weighted by atomic mass is 10.3. The summed E-state index contributed by atoms with van der Waals surface area (Å²) < 4.78 is 1.32. The summed E-state index contributed by atoms with van der Waals surface area (Å²) in [7, 11) is 0. The number of rotatable bonds is 1. The van der Waals surface area contributed by atoms with E-state index in [0.29, 0.717) is 0 Å². The molecule has 3 heteroatoms. The van der Waals surface area contributed by atoms with Gasteiger partial charge in [-0.1, -0.05) is 20.8 Å². The van der Waals surface area contributed by atoms with Crippen LogP contribution in [0.2, 0.25) is 0 Å². The summed E-state index contributed by atoms with van der Waals surface area (Å²) in [4.78, 5) is 5.47. The van der Waals surface area contributed by atoms with Gasteiger partial charge in [0.2, 0.25) is 0 Å². The van der Waals surface area contributed by atoms with Gasteiger partial charge in [-0.05, 0) is 34.7 Å². The van der Waals surface area contributed by atoms with Gasteiger partial charge in [0, 0.05) is 15.8 Å². The van der Waals surface area contributed by atoms with Crippen LogP contribution in [0.4, 0.5) is 0 Å². The molecule has 0 radical (unpaired) electrons. The fraction of sp³-hybridized carbons (Fsp3) is 0.444. The third-order valence-electron chi connectivity index (χ3n) is 1.12. The highest BCUT2D eigenvalue weighted by atomic mass is 127. The summed E-state index contributed by atoms with van der Waals surface area (Å²) in [6.07, 6.45) is 1.93. The summed E-state index contributed by atoms with van der Waals surface area (Å²) in [5, 5.41) is 0. The second kappa shape index (κ2) is 3.96. The Labute approximate surface area is 91.5 Å². The van der Waals surface area contributed by atoms with Crippen molar-refractivity contribution in [2.75, 3.05) is 0 Å². The highest BCUT2D eigenvalue weighted by molar-refractivity contribution is 14.1. The third kappa shape index (κ3) is 3.76. The van der Waals surface area contributed by atoms with Crippen LogP contribution in [0.1, 0.15) is 20.8 Å². The number of halogens is 1. The van der Waals surface area contributed by atoms with Gasteiger partial charge >= 0.3 is 0 Å². The quantitative estimate of drug-likeness (QED) is 0.446. The first kappa shape index (κ1) is 10.3. The van der Waals surface area contributed by atoms with Crippen LogP contribution in [0.3, 0.4) is 0 Å². The molecule has 1 heterocycles.